The summed E-state index contributed by atoms with van der Waals surface area (Å²) in [4.78, 5) is 11.4. The molecule has 0 spiro atoms. The molecule has 21 heavy (non-hydrogen) atoms. The molecule has 1 aromatic rings. The van der Waals surface area contributed by atoms with Gasteiger partial charge in [0.2, 0.25) is 0 Å². The number of hydrogen-bond donors (Lipinski definition) is 1. The van der Waals surface area contributed by atoms with Gasteiger partial charge in [-0.2, -0.15) is 0 Å². The van der Waals surface area contributed by atoms with Crippen LogP contribution in [0.25, 0.3) is 0 Å². The van der Waals surface area contributed by atoms with E-state index >= 15 is 0 Å². The summed E-state index contributed by atoms with van der Waals surface area (Å²) >= 11 is 0. The number of hydrogen-bond acceptors (Lipinski definition) is 5. The Kier molecular flexibility index (Phi) is 5.79. The standard InChI is InChI=1S/C16H28N4O/c1-5-14-15(17-6-2)18-11-19-16(14)20(9-10-21-4)12(3)13-7-8-13/h11-13H,5-10H2,1-4H3,(H,17,18,19). The lowest BCUT2D eigenvalue weighted by Crippen LogP contribution is -2.38. The molecule has 0 aromatic carbocycles. The molecule has 0 radical (unpaired) electrons. The fourth-order valence-corrected chi connectivity index (χ4v) is 2.82. The quantitative estimate of drug-likeness (QED) is 0.758. The number of rotatable bonds is 9. The van der Waals surface area contributed by atoms with Gasteiger partial charge in [0.15, 0.2) is 0 Å². The maximum atomic E-state index is 5.29. The first-order valence-corrected chi connectivity index (χ1v) is 8.06. The molecule has 1 aliphatic rings. The van der Waals surface area contributed by atoms with Crippen molar-refractivity contribution in [2.24, 2.45) is 5.92 Å². The lowest BCUT2D eigenvalue weighted by molar-refractivity contribution is 0.202. The van der Waals surface area contributed by atoms with Crippen LogP contribution < -0.4 is 10.2 Å². The second-order valence-corrected chi connectivity index (χ2v) is 5.67. The first-order chi connectivity index (χ1) is 10.2. The highest BCUT2D eigenvalue weighted by Gasteiger charge is 2.33. The molecule has 0 amide bonds. The van der Waals surface area contributed by atoms with Crippen LogP contribution in [-0.2, 0) is 11.2 Å². The molecule has 5 heteroatoms. The molecule has 1 saturated carbocycles. The Morgan fingerprint density at radius 1 is 1.38 bits per heavy atom. The van der Waals surface area contributed by atoms with E-state index in [0.717, 1.165) is 43.7 Å². The molecule has 1 aromatic heterocycles. The third-order valence-corrected chi connectivity index (χ3v) is 4.22. The van der Waals surface area contributed by atoms with E-state index in [0.29, 0.717) is 6.04 Å². The van der Waals surface area contributed by atoms with Gasteiger partial charge in [-0.1, -0.05) is 6.92 Å². The molecule has 1 atom stereocenters. The normalized spacial score (nSPS) is 15.8. The minimum Gasteiger partial charge on any atom is -0.383 e. The molecule has 1 heterocycles. The van der Waals surface area contributed by atoms with E-state index in [-0.39, 0.29) is 0 Å². The van der Waals surface area contributed by atoms with E-state index in [1.165, 1.54) is 18.4 Å². The second kappa shape index (κ2) is 7.59. The lowest BCUT2D eigenvalue weighted by atomic mass is 10.1. The highest BCUT2D eigenvalue weighted by atomic mass is 16.5. The van der Waals surface area contributed by atoms with Crippen molar-refractivity contribution >= 4 is 11.6 Å². The largest absolute Gasteiger partial charge is 0.383 e. The second-order valence-electron chi connectivity index (χ2n) is 5.67. The topological polar surface area (TPSA) is 50.3 Å². The zero-order valence-corrected chi connectivity index (χ0v) is 13.7. The SMILES string of the molecule is CCNc1ncnc(N(CCOC)C(C)C2CC2)c1CC. The molecule has 5 nitrogen and oxygen atoms in total. The summed E-state index contributed by atoms with van der Waals surface area (Å²) in [5.41, 5.74) is 1.21. The van der Waals surface area contributed by atoms with Crippen LogP contribution >= 0.6 is 0 Å². The van der Waals surface area contributed by atoms with Crippen molar-refractivity contribution in [3.05, 3.63) is 11.9 Å². The van der Waals surface area contributed by atoms with Crippen LogP contribution in [0.4, 0.5) is 11.6 Å². The Morgan fingerprint density at radius 2 is 2.14 bits per heavy atom. The van der Waals surface area contributed by atoms with E-state index in [1.807, 2.05) is 0 Å². The fraction of sp³-hybridized carbons (Fsp3) is 0.750. The van der Waals surface area contributed by atoms with E-state index in [1.54, 1.807) is 13.4 Å². The van der Waals surface area contributed by atoms with Crippen LogP contribution in [0.1, 0.15) is 39.2 Å². The van der Waals surface area contributed by atoms with Crippen molar-refractivity contribution in [3.8, 4) is 0 Å². The molecule has 1 fully saturated rings. The summed E-state index contributed by atoms with van der Waals surface area (Å²) in [5, 5.41) is 3.35. The van der Waals surface area contributed by atoms with Crippen molar-refractivity contribution < 1.29 is 4.74 Å². The Hall–Kier alpha value is -1.36. The maximum absolute atomic E-state index is 5.29. The number of aromatic nitrogens is 2. The van der Waals surface area contributed by atoms with Crippen molar-refractivity contribution in [2.45, 2.75) is 46.1 Å². The van der Waals surface area contributed by atoms with Gasteiger partial charge >= 0.3 is 0 Å². The Balaban J connectivity index is 2.30. The van der Waals surface area contributed by atoms with Gasteiger partial charge in [-0.15, -0.1) is 0 Å². The van der Waals surface area contributed by atoms with E-state index in [4.69, 9.17) is 4.74 Å². The molecule has 0 aliphatic heterocycles. The van der Waals surface area contributed by atoms with Crippen LogP contribution in [0, 0.1) is 5.92 Å². The number of nitrogens with zero attached hydrogens (tertiary/aromatic N) is 3. The molecule has 0 bridgehead atoms. The highest BCUT2D eigenvalue weighted by molar-refractivity contribution is 5.59. The third kappa shape index (κ3) is 3.84. The highest BCUT2D eigenvalue weighted by Crippen LogP contribution is 2.37. The van der Waals surface area contributed by atoms with E-state index in [2.05, 4.69) is 41.0 Å². The van der Waals surface area contributed by atoms with Crippen molar-refractivity contribution in [1.82, 2.24) is 9.97 Å². The predicted octanol–water partition coefficient (Wildman–Crippen LogP) is 2.72. The average molecular weight is 292 g/mol. The third-order valence-electron chi connectivity index (χ3n) is 4.22. The van der Waals surface area contributed by atoms with Gasteiger partial charge in [0.05, 0.1) is 6.61 Å². The molecule has 1 aliphatic carbocycles. The van der Waals surface area contributed by atoms with Crippen LogP contribution in [0.15, 0.2) is 6.33 Å². The van der Waals surface area contributed by atoms with Gasteiger partial charge in [-0.05, 0) is 39.0 Å². The van der Waals surface area contributed by atoms with Gasteiger partial charge in [0.1, 0.15) is 18.0 Å². The van der Waals surface area contributed by atoms with Crippen LogP contribution in [0.2, 0.25) is 0 Å². The summed E-state index contributed by atoms with van der Waals surface area (Å²) in [6.45, 7) is 9.04. The van der Waals surface area contributed by atoms with Gasteiger partial charge in [-0.3, -0.25) is 0 Å². The van der Waals surface area contributed by atoms with E-state index < -0.39 is 0 Å². The van der Waals surface area contributed by atoms with Crippen molar-refractivity contribution in [1.29, 1.82) is 0 Å². The summed E-state index contributed by atoms with van der Waals surface area (Å²) in [6, 6.07) is 0.509. The average Bonchev–Trinajstić information content (AvgIpc) is 3.32. The minimum absolute atomic E-state index is 0.509. The summed E-state index contributed by atoms with van der Waals surface area (Å²) in [5.74, 6) is 2.83. The Labute approximate surface area is 128 Å². The lowest BCUT2D eigenvalue weighted by Gasteiger charge is -2.32. The number of anilines is 2. The zero-order valence-electron chi connectivity index (χ0n) is 13.7. The van der Waals surface area contributed by atoms with Gasteiger partial charge in [0.25, 0.3) is 0 Å². The predicted molar refractivity (Wildman–Crippen MR) is 87.0 cm³/mol. The van der Waals surface area contributed by atoms with Crippen LogP contribution in [0.5, 0.6) is 0 Å². The van der Waals surface area contributed by atoms with Gasteiger partial charge in [-0.25, -0.2) is 9.97 Å². The van der Waals surface area contributed by atoms with Crippen LogP contribution in [0.3, 0.4) is 0 Å². The Bertz CT molecular complexity index is 448. The molecule has 1 unspecified atom stereocenters. The summed E-state index contributed by atoms with van der Waals surface area (Å²) in [7, 11) is 1.75. The monoisotopic (exact) mass is 292 g/mol. The Morgan fingerprint density at radius 3 is 2.71 bits per heavy atom. The molecule has 2 rings (SSSR count). The first kappa shape index (κ1) is 16.0. The molecule has 118 valence electrons. The minimum atomic E-state index is 0.509. The molecule has 0 saturated heterocycles. The first-order valence-electron chi connectivity index (χ1n) is 8.06. The fourth-order valence-electron chi connectivity index (χ4n) is 2.82. The number of nitrogens with one attached hydrogen (secondary N) is 1. The number of ether oxygens (including phenoxy) is 1. The van der Waals surface area contributed by atoms with Crippen molar-refractivity contribution in [2.75, 3.05) is 37.0 Å². The molecule has 1 N–H and O–H groups in total. The summed E-state index contributed by atoms with van der Waals surface area (Å²) in [6.07, 6.45) is 5.26. The van der Waals surface area contributed by atoms with E-state index in [9.17, 15) is 0 Å². The van der Waals surface area contributed by atoms with Gasteiger partial charge < -0.3 is 15.0 Å². The summed E-state index contributed by atoms with van der Waals surface area (Å²) < 4.78 is 5.29. The van der Waals surface area contributed by atoms with Crippen molar-refractivity contribution in [3.63, 3.8) is 0 Å². The molecular formula is C16H28N4O. The number of methoxy groups -OCH3 is 1. The maximum Gasteiger partial charge on any atom is 0.137 e. The zero-order chi connectivity index (χ0) is 15.2. The molecular weight excluding hydrogens is 264 g/mol. The smallest absolute Gasteiger partial charge is 0.137 e. The van der Waals surface area contributed by atoms with Crippen LogP contribution in [-0.4, -0.2) is 42.8 Å². The van der Waals surface area contributed by atoms with Gasteiger partial charge in [0, 0.05) is 31.8 Å².